The first-order chi connectivity index (χ1) is 5.80. The SMILES string of the molecule is CC(C)c1ncc[nH]1.O=S(=O)([O-])[O-]. The van der Waals surface area contributed by atoms with E-state index in [0.717, 1.165) is 5.82 Å². The maximum atomic E-state index is 8.52. The molecule has 6 nitrogen and oxygen atoms in total. The number of rotatable bonds is 1. The lowest BCUT2D eigenvalue weighted by atomic mass is 10.2. The molecule has 0 amide bonds. The van der Waals surface area contributed by atoms with Crippen LogP contribution >= 0.6 is 0 Å². The molecule has 0 aliphatic carbocycles. The molecule has 0 saturated carbocycles. The summed E-state index contributed by atoms with van der Waals surface area (Å²) in [6.07, 6.45) is 3.62. The zero-order chi connectivity index (χ0) is 10.5. The number of imidazole rings is 1. The highest BCUT2D eigenvalue weighted by molar-refractivity contribution is 7.79. The van der Waals surface area contributed by atoms with E-state index in [2.05, 4.69) is 23.8 Å². The molecule has 0 spiro atoms. The lowest BCUT2D eigenvalue weighted by molar-refractivity contribution is 0.352. The van der Waals surface area contributed by atoms with Gasteiger partial charge in [0.05, 0.1) is 0 Å². The van der Waals surface area contributed by atoms with Gasteiger partial charge >= 0.3 is 0 Å². The molecule has 0 aliphatic heterocycles. The molecule has 1 rings (SSSR count). The number of aromatic nitrogens is 2. The summed E-state index contributed by atoms with van der Waals surface area (Å²) in [4.78, 5) is 7.09. The molecule has 1 aromatic heterocycles. The Bertz CT molecular complexity index is 308. The van der Waals surface area contributed by atoms with Crippen LogP contribution in [-0.4, -0.2) is 27.5 Å². The van der Waals surface area contributed by atoms with Crippen LogP contribution in [0.2, 0.25) is 0 Å². The lowest BCUT2D eigenvalue weighted by Crippen LogP contribution is -1.91. The Kier molecular flexibility index (Phi) is 4.60. The van der Waals surface area contributed by atoms with E-state index in [4.69, 9.17) is 17.5 Å². The van der Waals surface area contributed by atoms with Crippen LogP contribution in [0.3, 0.4) is 0 Å². The number of nitrogens with zero attached hydrogens (tertiary/aromatic N) is 1. The Morgan fingerprint density at radius 1 is 1.46 bits per heavy atom. The van der Waals surface area contributed by atoms with Gasteiger partial charge in [-0.15, -0.1) is 0 Å². The van der Waals surface area contributed by atoms with E-state index in [-0.39, 0.29) is 0 Å². The van der Waals surface area contributed by atoms with Crippen LogP contribution in [-0.2, 0) is 10.4 Å². The first kappa shape index (κ1) is 12.1. The summed E-state index contributed by atoms with van der Waals surface area (Å²) in [6.45, 7) is 4.22. The third-order valence-electron chi connectivity index (χ3n) is 1.07. The van der Waals surface area contributed by atoms with Gasteiger partial charge in [0.2, 0.25) is 0 Å². The summed E-state index contributed by atoms with van der Waals surface area (Å²) in [5.74, 6) is 1.58. The molecule has 0 radical (unpaired) electrons. The molecule has 7 heteroatoms. The molecule has 0 saturated heterocycles. The second-order valence-electron chi connectivity index (χ2n) is 2.54. The van der Waals surface area contributed by atoms with Crippen molar-refractivity contribution < 1.29 is 17.5 Å². The molecule has 0 unspecified atom stereocenters. The Labute approximate surface area is 76.6 Å². The third-order valence-corrected chi connectivity index (χ3v) is 1.07. The van der Waals surface area contributed by atoms with Crippen LogP contribution in [0.15, 0.2) is 12.4 Å². The van der Waals surface area contributed by atoms with E-state index >= 15 is 0 Å². The highest BCUT2D eigenvalue weighted by Gasteiger charge is 1.96. The van der Waals surface area contributed by atoms with Crippen molar-refractivity contribution in [2.24, 2.45) is 0 Å². The Balaban J connectivity index is 0.000000252. The molecule has 0 aromatic carbocycles. The Morgan fingerprint density at radius 3 is 2.08 bits per heavy atom. The standard InChI is InChI=1S/C6H10N2.H2O4S/c1-5(2)6-7-3-4-8-6;1-5(2,3)4/h3-5H,1-2H3,(H,7,8);(H2,1,2,3,4)/p-2. The normalized spacial score (nSPS) is 10.8. The van der Waals surface area contributed by atoms with Crippen LogP contribution in [0.1, 0.15) is 25.6 Å². The molecule has 0 bridgehead atoms. The molecule has 1 N–H and O–H groups in total. The smallest absolute Gasteiger partial charge is 0.108 e. The van der Waals surface area contributed by atoms with Gasteiger partial charge in [0.1, 0.15) is 5.82 Å². The number of aromatic amines is 1. The van der Waals surface area contributed by atoms with Gasteiger partial charge in [-0.05, 0) is 0 Å². The molecular weight excluding hydrogens is 196 g/mol. The fourth-order valence-electron chi connectivity index (χ4n) is 0.593. The minimum Gasteiger partial charge on any atom is -0.759 e. The zero-order valence-corrected chi connectivity index (χ0v) is 8.04. The van der Waals surface area contributed by atoms with Crippen molar-refractivity contribution in [3.05, 3.63) is 18.2 Å². The summed E-state index contributed by atoms with van der Waals surface area (Å²) in [6, 6.07) is 0. The fourth-order valence-corrected chi connectivity index (χ4v) is 0.593. The monoisotopic (exact) mass is 206 g/mol. The maximum absolute atomic E-state index is 8.52. The highest BCUT2D eigenvalue weighted by atomic mass is 32.3. The predicted octanol–water partition coefficient (Wildman–Crippen LogP) is 0.195. The van der Waals surface area contributed by atoms with Crippen molar-refractivity contribution in [3.63, 3.8) is 0 Å². The van der Waals surface area contributed by atoms with Gasteiger partial charge in [0.15, 0.2) is 0 Å². The summed E-state index contributed by atoms with van der Waals surface area (Å²) < 4.78 is 34.1. The van der Waals surface area contributed by atoms with E-state index in [1.807, 2.05) is 6.20 Å². The quantitative estimate of drug-likeness (QED) is 0.521. The fraction of sp³-hybridized carbons (Fsp3) is 0.500. The minimum absolute atomic E-state index is 0.519. The summed E-state index contributed by atoms with van der Waals surface area (Å²) in [5.41, 5.74) is 0. The van der Waals surface area contributed by atoms with E-state index in [1.165, 1.54) is 0 Å². The summed E-state index contributed by atoms with van der Waals surface area (Å²) in [5, 5.41) is 0. The van der Waals surface area contributed by atoms with E-state index in [0.29, 0.717) is 5.92 Å². The molecule has 1 heterocycles. The lowest BCUT2D eigenvalue weighted by Gasteiger charge is -2.06. The van der Waals surface area contributed by atoms with Gasteiger partial charge in [0, 0.05) is 28.7 Å². The van der Waals surface area contributed by atoms with Gasteiger partial charge in [0.25, 0.3) is 0 Å². The van der Waals surface area contributed by atoms with Gasteiger partial charge < -0.3 is 14.1 Å². The van der Waals surface area contributed by atoms with Gasteiger partial charge in [-0.2, -0.15) is 0 Å². The van der Waals surface area contributed by atoms with Crippen molar-refractivity contribution in [2.45, 2.75) is 19.8 Å². The number of hydrogen-bond donors (Lipinski definition) is 1. The molecule has 76 valence electrons. The molecule has 0 aliphatic rings. The van der Waals surface area contributed by atoms with Crippen molar-refractivity contribution >= 4 is 10.4 Å². The molecule has 1 aromatic rings. The first-order valence-corrected chi connectivity index (χ1v) is 4.80. The molecular formula is C6H10N2O4S-2. The van der Waals surface area contributed by atoms with Crippen molar-refractivity contribution in [2.75, 3.05) is 0 Å². The minimum atomic E-state index is -5.17. The number of H-pyrrole nitrogens is 1. The second-order valence-corrected chi connectivity index (χ2v) is 3.35. The number of nitrogens with one attached hydrogen (secondary N) is 1. The van der Waals surface area contributed by atoms with Crippen molar-refractivity contribution in [1.82, 2.24) is 9.97 Å². The van der Waals surface area contributed by atoms with Gasteiger partial charge in [-0.25, -0.2) is 4.98 Å². The molecule has 0 atom stereocenters. The largest absolute Gasteiger partial charge is 0.759 e. The topological polar surface area (TPSA) is 109 Å². The highest BCUT2D eigenvalue weighted by Crippen LogP contribution is 2.05. The van der Waals surface area contributed by atoms with Crippen LogP contribution < -0.4 is 0 Å². The van der Waals surface area contributed by atoms with Crippen LogP contribution in [0.4, 0.5) is 0 Å². The van der Waals surface area contributed by atoms with Crippen LogP contribution in [0.25, 0.3) is 0 Å². The van der Waals surface area contributed by atoms with Crippen LogP contribution in [0, 0.1) is 0 Å². The van der Waals surface area contributed by atoms with E-state index in [1.54, 1.807) is 6.20 Å². The Morgan fingerprint density at radius 2 is 1.92 bits per heavy atom. The van der Waals surface area contributed by atoms with Gasteiger partial charge in [-0.3, -0.25) is 8.42 Å². The number of hydrogen-bond acceptors (Lipinski definition) is 5. The van der Waals surface area contributed by atoms with E-state index in [9.17, 15) is 0 Å². The maximum Gasteiger partial charge on any atom is 0.108 e. The van der Waals surface area contributed by atoms with Crippen molar-refractivity contribution in [3.8, 4) is 0 Å². The molecule has 0 fully saturated rings. The van der Waals surface area contributed by atoms with Crippen molar-refractivity contribution in [1.29, 1.82) is 0 Å². The predicted molar refractivity (Wildman–Crippen MR) is 43.2 cm³/mol. The summed E-state index contributed by atoms with van der Waals surface area (Å²) in [7, 11) is -5.17. The average Bonchev–Trinajstić information content (AvgIpc) is 2.31. The third kappa shape index (κ3) is 8.99. The van der Waals surface area contributed by atoms with Gasteiger partial charge in [-0.1, -0.05) is 13.8 Å². The molecule has 13 heavy (non-hydrogen) atoms. The average molecular weight is 206 g/mol. The first-order valence-electron chi connectivity index (χ1n) is 3.46. The van der Waals surface area contributed by atoms with E-state index < -0.39 is 10.4 Å². The second kappa shape index (κ2) is 4.95. The Hall–Kier alpha value is -0.920. The summed E-state index contributed by atoms with van der Waals surface area (Å²) >= 11 is 0. The zero-order valence-electron chi connectivity index (χ0n) is 7.22. The van der Waals surface area contributed by atoms with Crippen LogP contribution in [0.5, 0.6) is 0 Å².